The Morgan fingerprint density at radius 3 is 2.51 bits per heavy atom. The van der Waals surface area contributed by atoms with E-state index in [1.54, 1.807) is 36.3 Å². The van der Waals surface area contributed by atoms with Crippen LogP contribution in [0.15, 0.2) is 72.8 Å². The van der Waals surface area contributed by atoms with E-state index in [9.17, 15) is 14.4 Å². The normalized spacial score (nSPS) is 18.5. The Bertz CT molecular complexity index is 1660. The topological polar surface area (TPSA) is 94.7 Å². The molecule has 4 amide bonds. The van der Waals surface area contributed by atoms with Crippen molar-refractivity contribution in [2.45, 2.75) is 58.0 Å². The van der Waals surface area contributed by atoms with Gasteiger partial charge in [0.15, 0.2) is 0 Å². The Balaban J connectivity index is 1.37. The van der Waals surface area contributed by atoms with Crippen LogP contribution in [0.5, 0.6) is 5.75 Å². The lowest BCUT2D eigenvalue weighted by Crippen LogP contribution is -2.44. The minimum atomic E-state index is -0.707. The van der Waals surface area contributed by atoms with E-state index in [4.69, 9.17) is 4.74 Å². The first-order valence-corrected chi connectivity index (χ1v) is 15.2. The first-order chi connectivity index (χ1) is 21.0. The number of nitrogens with zero attached hydrogens (tertiary/aromatic N) is 2. The van der Waals surface area contributed by atoms with Gasteiger partial charge in [0.25, 0.3) is 11.8 Å². The number of imide groups is 1. The molecule has 8 nitrogen and oxygen atoms in total. The van der Waals surface area contributed by atoms with Crippen LogP contribution >= 0.6 is 0 Å². The lowest BCUT2D eigenvalue weighted by Gasteiger charge is -2.36. The molecule has 1 saturated heterocycles. The first kappa shape index (κ1) is 28.5. The van der Waals surface area contributed by atoms with Gasteiger partial charge >= 0.3 is 6.03 Å². The average Bonchev–Trinajstić information content (AvgIpc) is 3.53. The number of anilines is 1. The fourth-order valence-corrected chi connectivity index (χ4v) is 6.57. The predicted octanol–water partition coefficient (Wildman–Crippen LogP) is 6.61. The average molecular weight is 579 g/mol. The van der Waals surface area contributed by atoms with Crippen molar-refractivity contribution in [3.8, 4) is 5.75 Å². The number of urea groups is 1. The Morgan fingerprint density at radius 2 is 1.77 bits per heavy atom. The number of hydrogen-bond acceptors (Lipinski definition) is 4. The fraction of sp³-hybridized carbons (Fsp3) is 0.343. The van der Waals surface area contributed by atoms with Gasteiger partial charge in [-0.05, 0) is 53.8 Å². The molecule has 2 unspecified atom stereocenters. The van der Waals surface area contributed by atoms with Gasteiger partial charge in [0, 0.05) is 29.6 Å². The Hall–Kier alpha value is -4.59. The first-order valence-electron chi connectivity index (χ1n) is 15.2. The van der Waals surface area contributed by atoms with Gasteiger partial charge in [0.2, 0.25) is 0 Å². The van der Waals surface area contributed by atoms with Gasteiger partial charge < -0.3 is 15.0 Å². The molecule has 2 aliphatic rings. The van der Waals surface area contributed by atoms with Crippen LogP contribution in [-0.2, 0) is 11.2 Å². The van der Waals surface area contributed by atoms with Crippen LogP contribution in [0.2, 0.25) is 0 Å². The van der Waals surface area contributed by atoms with Crippen LogP contribution in [0.25, 0.3) is 10.9 Å². The summed E-state index contributed by atoms with van der Waals surface area (Å²) in [5.41, 5.74) is 4.39. The number of aromatic nitrogens is 1. The summed E-state index contributed by atoms with van der Waals surface area (Å²) in [6, 6.07) is 20.9. The van der Waals surface area contributed by atoms with E-state index < -0.39 is 18.1 Å². The lowest BCUT2D eigenvalue weighted by molar-refractivity contribution is -0.120. The number of rotatable bonds is 10. The van der Waals surface area contributed by atoms with Crippen LogP contribution in [-0.4, -0.2) is 47.4 Å². The summed E-state index contributed by atoms with van der Waals surface area (Å²) in [5.74, 6) is 0.487. The number of aromatic amines is 1. The second-order valence-electron chi connectivity index (χ2n) is 11.5. The summed E-state index contributed by atoms with van der Waals surface area (Å²) < 4.78 is 5.38. The maximum absolute atomic E-state index is 14.3. The number of H-pyrrole nitrogens is 1. The van der Waals surface area contributed by atoms with E-state index in [0.717, 1.165) is 53.4 Å². The van der Waals surface area contributed by atoms with Crippen molar-refractivity contribution >= 4 is 34.4 Å². The van der Waals surface area contributed by atoms with Gasteiger partial charge in [-0.15, -0.1) is 0 Å². The minimum Gasteiger partial charge on any atom is -0.497 e. The van der Waals surface area contributed by atoms with Crippen molar-refractivity contribution in [2.75, 3.05) is 18.6 Å². The van der Waals surface area contributed by atoms with Crippen molar-refractivity contribution in [1.29, 1.82) is 0 Å². The number of methoxy groups -OCH3 is 1. The highest BCUT2D eigenvalue weighted by molar-refractivity contribution is 6.24. The summed E-state index contributed by atoms with van der Waals surface area (Å²) in [6.45, 7) is 4.86. The number of para-hydroxylation sites is 2. The molecule has 0 spiro atoms. The van der Waals surface area contributed by atoms with E-state index in [-0.39, 0.29) is 11.8 Å². The monoisotopic (exact) mass is 578 g/mol. The number of fused-ring (bicyclic) bond motifs is 4. The van der Waals surface area contributed by atoms with E-state index in [1.807, 2.05) is 48.5 Å². The summed E-state index contributed by atoms with van der Waals surface area (Å²) >= 11 is 0. The highest BCUT2D eigenvalue weighted by Crippen LogP contribution is 2.45. The molecule has 3 atom stereocenters. The summed E-state index contributed by atoms with van der Waals surface area (Å²) in [7, 11) is 1.61. The van der Waals surface area contributed by atoms with E-state index in [0.29, 0.717) is 35.9 Å². The van der Waals surface area contributed by atoms with Gasteiger partial charge in [-0.1, -0.05) is 75.6 Å². The minimum absolute atomic E-state index is 0.279. The third kappa shape index (κ3) is 5.05. The zero-order valence-electron chi connectivity index (χ0n) is 24.9. The van der Waals surface area contributed by atoms with E-state index >= 15 is 0 Å². The molecule has 2 aliphatic heterocycles. The molecule has 43 heavy (non-hydrogen) atoms. The van der Waals surface area contributed by atoms with Crippen molar-refractivity contribution in [1.82, 2.24) is 15.2 Å². The van der Waals surface area contributed by atoms with Gasteiger partial charge in [0.1, 0.15) is 17.8 Å². The molecular weight excluding hydrogens is 540 g/mol. The molecule has 1 fully saturated rings. The van der Waals surface area contributed by atoms with Crippen LogP contribution in [0.3, 0.4) is 0 Å². The smallest absolute Gasteiger partial charge is 0.332 e. The second kappa shape index (κ2) is 12.0. The maximum atomic E-state index is 14.3. The molecule has 3 heterocycles. The SMILES string of the molecule is CCCCC(CC)CNC(=O)c1ccccc1N1C(=O)[C@@H]2Cc3c([nH]c4ccccc34)C(c3ccc(OC)cc3)N2C1=O. The largest absolute Gasteiger partial charge is 0.497 e. The molecule has 2 N–H and O–H groups in total. The fourth-order valence-electron chi connectivity index (χ4n) is 6.57. The third-order valence-electron chi connectivity index (χ3n) is 8.96. The number of nitrogens with one attached hydrogen (secondary N) is 2. The summed E-state index contributed by atoms with van der Waals surface area (Å²) in [6.07, 6.45) is 4.64. The van der Waals surface area contributed by atoms with Crippen molar-refractivity contribution in [3.63, 3.8) is 0 Å². The van der Waals surface area contributed by atoms with E-state index in [2.05, 4.69) is 24.1 Å². The van der Waals surface area contributed by atoms with Crippen LogP contribution in [0.4, 0.5) is 10.5 Å². The number of ether oxygens (including phenoxy) is 1. The maximum Gasteiger partial charge on any atom is 0.332 e. The molecule has 1 aromatic heterocycles. The highest BCUT2D eigenvalue weighted by atomic mass is 16.5. The molecule has 222 valence electrons. The van der Waals surface area contributed by atoms with Gasteiger partial charge in [0.05, 0.1) is 18.4 Å². The molecule has 3 aromatic carbocycles. The molecule has 0 aliphatic carbocycles. The summed E-state index contributed by atoms with van der Waals surface area (Å²) in [4.78, 5) is 48.5. The Morgan fingerprint density at radius 1 is 1.02 bits per heavy atom. The van der Waals surface area contributed by atoms with Gasteiger partial charge in [-0.2, -0.15) is 0 Å². The molecule has 0 bridgehead atoms. The van der Waals surface area contributed by atoms with Crippen LogP contribution < -0.4 is 15.0 Å². The lowest BCUT2D eigenvalue weighted by atomic mass is 9.89. The number of hydrogen-bond donors (Lipinski definition) is 2. The van der Waals surface area contributed by atoms with Crippen molar-refractivity contribution < 1.29 is 19.1 Å². The Kier molecular flexibility index (Phi) is 7.93. The quantitative estimate of drug-likeness (QED) is 0.207. The van der Waals surface area contributed by atoms with E-state index in [1.165, 1.54) is 4.90 Å². The number of unbranched alkanes of at least 4 members (excludes halogenated alkanes) is 1. The highest BCUT2D eigenvalue weighted by Gasteiger charge is 2.53. The summed E-state index contributed by atoms with van der Waals surface area (Å²) in [5, 5.41) is 4.12. The van der Waals surface area contributed by atoms with Gasteiger partial charge in [-0.25, -0.2) is 9.69 Å². The molecule has 0 saturated carbocycles. The van der Waals surface area contributed by atoms with Crippen LogP contribution in [0, 0.1) is 5.92 Å². The molecule has 0 radical (unpaired) electrons. The molecule has 8 heteroatoms. The predicted molar refractivity (Wildman–Crippen MR) is 167 cm³/mol. The molecular formula is C35H38N4O4. The number of carbonyl (C=O) groups is 3. The van der Waals surface area contributed by atoms with Crippen LogP contribution in [0.1, 0.15) is 72.8 Å². The second-order valence-corrected chi connectivity index (χ2v) is 11.5. The van der Waals surface area contributed by atoms with Crippen molar-refractivity contribution in [3.05, 3.63) is 95.2 Å². The Labute approximate surface area is 252 Å². The van der Waals surface area contributed by atoms with Crippen molar-refractivity contribution in [2.24, 2.45) is 5.92 Å². The standard InChI is InChI=1S/C35H38N4O4/c1-4-6-11-22(5-2)21-36-33(40)26-13-8-10-15-29(26)39-34(41)30-20-27-25-12-7-9-14-28(25)37-31(27)32(38(30)35(39)42)23-16-18-24(43-3)19-17-23/h7-10,12-19,22,30,32,37H,4-6,11,20-21H2,1-3H3,(H,36,40)/t22?,30-,32?/m0/s1. The third-order valence-corrected chi connectivity index (χ3v) is 8.96. The molecule has 6 rings (SSSR count). The number of amides is 4. The number of carbonyl (C=O) groups excluding carboxylic acids is 3. The zero-order chi connectivity index (χ0) is 30.1. The zero-order valence-corrected chi connectivity index (χ0v) is 24.9. The van der Waals surface area contributed by atoms with Gasteiger partial charge in [-0.3, -0.25) is 14.5 Å². The molecule has 4 aromatic rings. The number of benzene rings is 3.